The number of rotatable bonds is 5. The molecule has 1 saturated heterocycles. The molecule has 1 N–H and O–H groups in total. The van der Waals surface area contributed by atoms with Gasteiger partial charge in [-0.1, -0.05) is 0 Å². The molecule has 0 saturated carbocycles. The van der Waals surface area contributed by atoms with E-state index in [1.54, 1.807) is 18.3 Å². The summed E-state index contributed by atoms with van der Waals surface area (Å²) in [6.45, 7) is 1.36. The molecule has 1 unspecified atom stereocenters. The van der Waals surface area contributed by atoms with Crippen LogP contribution in [0, 0.1) is 0 Å². The van der Waals surface area contributed by atoms with Gasteiger partial charge in [-0.05, 0) is 23.8 Å². The Morgan fingerprint density at radius 2 is 2.12 bits per heavy atom. The average Bonchev–Trinajstić information content (AvgIpc) is 3.06. The van der Waals surface area contributed by atoms with Crippen molar-refractivity contribution < 1.29 is 22.6 Å². The van der Waals surface area contributed by atoms with Gasteiger partial charge in [-0.15, -0.1) is 0 Å². The van der Waals surface area contributed by atoms with Crippen LogP contribution < -0.4 is 10.1 Å². The summed E-state index contributed by atoms with van der Waals surface area (Å²) < 4.78 is 49.7. The second-order valence-electron chi connectivity index (χ2n) is 5.36. The summed E-state index contributed by atoms with van der Waals surface area (Å²) in [7, 11) is 0. The van der Waals surface area contributed by atoms with Crippen molar-refractivity contribution in [2.24, 2.45) is 0 Å². The van der Waals surface area contributed by atoms with Gasteiger partial charge in [-0.3, -0.25) is 0 Å². The van der Waals surface area contributed by atoms with Crippen LogP contribution in [0.1, 0.15) is 17.5 Å². The summed E-state index contributed by atoms with van der Waals surface area (Å²) in [4.78, 5) is 7.88. The van der Waals surface area contributed by atoms with Crippen molar-refractivity contribution >= 4 is 5.82 Å². The Morgan fingerprint density at radius 3 is 2.88 bits per heavy atom. The number of anilines is 1. The van der Waals surface area contributed by atoms with E-state index in [9.17, 15) is 13.2 Å². The van der Waals surface area contributed by atoms with E-state index < -0.39 is 11.7 Å². The minimum absolute atomic E-state index is 0.0340. The number of hydrogen-bond donors (Lipinski definition) is 1. The smallest absolute Gasteiger partial charge is 0.419 e. The molecular formula is C16H16F3N3O2. The van der Waals surface area contributed by atoms with Gasteiger partial charge in [0.1, 0.15) is 11.9 Å². The van der Waals surface area contributed by atoms with E-state index in [-0.39, 0.29) is 18.5 Å². The van der Waals surface area contributed by atoms with Gasteiger partial charge >= 0.3 is 6.18 Å². The number of ether oxygens (including phenoxy) is 2. The molecule has 3 rings (SSSR count). The van der Waals surface area contributed by atoms with E-state index >= 15 is 0 Å². The predicted octanol–water partition coefficient (Wildman–Crippen LogP) is 3.28. The molecule has 1 fully saturated rings. The van der Waals surface area contributed by atoms with Crippen molar-refractivity contribution in [3.05, 3.63) is 47.8 Å². The Bertz CT molecular complexity index is 688. The normalized spacial score (nSPS) is 17.7. The molecule has 1 aliphatic heterocycles. The van der Waals surface area contributed by atoms with Crippen LogP contribution in [0.5, 0.6) is 5.88 Å². The van der Waals surface area contributed by atoms with Crippen molar-refractivity contribution in [1.29, 1.82) is 0 Å². The van der Waals surface area contributed by atoms with Gasteiger partial charge in [0.15, 0.2) is 0 Å². The lowest BCUT2D eigenvalue weighted by Gasteiger charge is -2.14. The number of pyridine rings is 2. The van der Waals surface area contributed by atoms with E-state index in [0.717, 1.165) is 18.1 Å². The zero-order valence-electron chi connectivity index (χ0n) is 12.7. The Hall–Kier alpha value is -2.35. The maximum Gasteiger partial charge on any atom is 0.419 e. The third-order valence-electron chi connectivity index (χ3n) is 3.55. The van der Waals surface area contributed by atoms with E-state index in [1.807, 2.05) is 0 Å². The third-order valence-corrected chi connectivity index (χ3v) is 3.55. The zero-order chi connectivity index (χ0) is 17.0. The highest BCUT2D eigenvalue weighted by Gasteiger charge is 2.34. The lowest BCUT2D eigenvalue weighted by atomic mass is 10.2. The Labute approximate surface area is 136 Å². The number of aromatic nitrogens is 2. The lowest BCUT2D eigenvalue weighted by molar-refractivity contribution is -0.137. The fraction of sp³-hybridized carbons (Fsp3) is 0.375. The molecule has 0 spiro atoms. The van der Waals surface area contributed by atoms with Gasteiger partial charge in [-0.25, -0.2) is 9.97 Å². The fourth-order valence-electron chi connectivity index (χ4n) is 2.36. The molecule has 0 aromatic carbocycles. The van der Waals surface area contributed by atoms with Crippen molar-refractivity contribution in [1.82, 2.24) is 9.97 Å². The quantitative estimate of drug-likeness (QED) is 0.906. The predicted molar refractivity (Wildman–Crippen MR) is 80.7 cm³/mol. The molecule has 3 heterocycles. The molecule has 0 aliphatic carbocycles. The van der Waals surface area contributed by atoms with Crippen LogP contribution in [0.15, 0.2) is 36.7 Å². The number of nitrogens with zero attached hydrogens (tertiary/aromatic N) is 2. The molecule has 1 atom stereocenters. The summed E-state index contributed by atoms with van der Waals surface area (Å²) >= 11 is 0. The molecule has 2 aromatic heterocycles. The summed E-state index contributed by atoms with van der Waals surface area (Å²) in [5, 5.41) is 2.72. The minimum atomic E-state index is -4.45. The number of halogens is 3. The monoisotopic (exact) mass is 339 g/mol. The molecule has 0 bridgehead atoms. The SMILES string of the molecule is FC(F)(F)c1cccnc1NCc1ccnc(OC2CCOC2)c1. The first-order valence-electron chi connectivity index (χ1n) is 7.48. The molecule has 0 radical (unpaired) electrons. The number of alkyl halides is 3. The van der Waals surface area contributed by atoms with Gasteiger partial charge in [0.25, 0.3) is 0 Å². The Kier molecular flexibility index (Phi) is 4.84. The van der Waals surface area contributed by atoms with E-state index in [0.29, 0.717) is 19.1 Å². The molecule has 8 heteroatoms. The van der Waals surface area contributed by atoms with Crippen LogP contribution in [0.4, 0.5) is 19.0 Å². The molecular weight excluding hydrogens is 323 g/mol. The van der Waals surface area contributed by atoms with Crippen LogP contribution in [-0.2, 0) is 17.5 Å². The van der Waals surface area contributed by atoms with Gasteiger partial charge in [0.05, 0.1) is 18.8 Å². The van der Waals surface area contributed by atoms with Gasteiger partial charge in [-0.2, -0.15) is 13.2 Å². The zero-order valence-corrected chi connectivity index (χ0v) is 12.7. The number of hydrogen-bond acceptors (Lipinski definition) is 5. The van der Waals surface area contributed by atoms with Gasteiger partial charge < -0.3 is 14.8 Å². The van der Waals surface area contributed by atoms with Crippen LogP contribution in [0.25, 0.3) is 0 Å². The lowest BCUT2D eigenvalue weighted by Crippen LogP contribution is -2.16. The molecule has 128 valence electrons. The molecule has 0 amide bonds. The highest BCUT2D eigenvalue weighted by Crippen LogP contribution is 2.33. The molecule has 2 aromatic rings. The van der Waals surface area contributed by atoms with Crippen LogP contribution in [0.2, 0.25) is 0 Å². The summed E-state index contributed by atoms with van der Waals surface area (Å²) in [5.41, 5.74) is -0.0451. The first kappa shape index (κ1) is 16.5. The largest absolute Gasteiger partial charge is 0.472 e. The molecule has 5 nitrogen and oxygen atoms in total. The first-order chi connectivity index (χ1) is 11.5. The molecule has 24 heavy (non-hydrogen) atoms. The van der Waals surface area contributed by atoms with Gasteiger partial charge in [0.2, 0.25) is 5.88 Å². The second-order valence-corrected chi connectivity index (χ2v) is 5.36. The fourth-order valence-corrected chi connectivity index (χ4v) is 2.36. The van der Waals surface area contributed by atoms with Crippen molar-refractivity contribution in [3.8, 4) is 5.88 Å². The number of nitrogens with one attached hydrogen (secondary N) is 1. The van der Waals surface area contributed by atoms with Crippen molar-refractivity contribution in [2.75, 3.05) is 18.5 Å². The van der Waals surface area contributed by atoms with Crippen LogP contribution >= 0.6 is 0 Å². The Balaban J connectivity index is 1.67. The highest BCUT2D eigenvalue weighted by molar-refractivity contribution is 5.46. The summed E-state index contributed by atoms with van der Waals surface area (Å²) in [6, 6.07) is 5.66. The van der Waals surface area contributed by atoms with E-state index in [4.69, 9.17) is 9.47 Å². The molecule has 1 aliphatic rings. The maximum atomic E-state index is 12.9. The Morgan fingerprint density at radius 1 is 1.25 bits per heavy atom. The van der Waals surface area contributed by atoms with Crippen LogP contribution in [-0.4, -0.2) is 29.3 Å². The van der Waals surface area contributed by atoms with Crippen molar-refractivity contribution in [3.63, 3.8) is 0 Å². The minimum Gasteiger partial charge on any atom is -0.472 e. The topological polar surface area (TPSA) is 56.3 Å². The standard InChI is InChI=1S/C16H16F3N3O2/c17-16(18,19)13-2-1-5-21-15(13)22-9-11-3-6-20-14(8-11)24-12-4-7-23-10-12/h1-3,5-6,8,12H,4,7,9-10H2,(H,21,22). The van der Waals surface area contributed by atoms with Crippen LogP contribution in [0.3, 0.4) is 0 Å². The van der Waals surface area contributed by atoms with Gasteiger partial charge in [0, 0.05) is 31.4 Å². The van der Waals surface area contributed by atoms with E-state index in [2.05, 4.69) is 15.3 Å². The third kappa shape index (κ3) is 4.14. The van der Waals surface area contributed by atoms with Crippen molar-refractivity contribution in [2.45, 2.75) is 25.2 Å². The summed E-state index contributed by atoms with van der Waals surface area (Å²) in [5.74, 6) is 0.232. The first-order valence-corrected chi connectivity index (χ1v) is 7.48. The maximum absolute atomic E-state index is 12.9. The highest BCUT2D eigenvalue weighted by atomic mass is 19.4. The summed E-state index contributed by atoms with van der Waals surface area (Å²) in [6.07, 6.45) is -0.809. The average molecular weight is 339 g/mol. The van der Waals surface area contributed by atoms with E-state index in [1.165, 1.54) is 12.3 Å². The second kappa shape index (κ2) is 7.04.